The van der Waals surface area contributed by atoms with Gasteiger partial charge in [0.15, 0.2) is 5.82 Å². The third-order valence-electron chi connectivity index (χ3n) is 3.56. The molecule has 20 heavy (non-hydrogen) atoms. The lowest BCUT2D eigenvalue weighted by Gasteiger charge is -2.08. The van der Waals surface area contributed by atoms with E-state index in [1.807, 2.05) is 0 Å². The van der Waals surface area contributed by atoms with E-state index in [1.165, 1.54) is 12.1 Å². The molecule has 106 valence electrons. The van der Waals surface area contributed by atoms with Crippen LogP contribution < -0.4 is 5.73 Å². The average molecular weight is 277 g/mol. The van der Waals surface area contributed by atoms with Gasteiger partial charge in [-0.05, 0) is 47.4 Å². The Balaban J connectivity index is 1.76. The Morgan fingerprint density at radius 3 is 3.10 bits per heavy atom. The van der Waals surface area contributed by atoms with Crippen molar-refractivity contribution in [2.45, 2.75) is 19.4 Å². The molecule has 3 rings (SSSR count). The van der Waals surface area contributed by atoms with Crippen LogP contribution in [0, 0.1) is 11.7 Å². The number of anilines is 1. The summed E-state index contributed by atoms with van der Waals surface area (Å²) in [4.78, 5) is 0. The molecule has 1 fully saturated rings. The number of halogens is 1. The van der Waals surface area contributed by atoms with Gasteiger partial charge in [0.1, 0.15) is 5.82 Å². The lowest BCUT2D eigenvalue weighted by Crippen LogP contribution is -2.09. The van der Waals surface area contributed by atoms with E-state index in [2.05, 4.69) is 15.5 Å². The Morgan fingerprint density at radius 2 is 2.35 bits per heavy atom. The molecule has 0 radical (unpaired) electrons. The molecule has 0 bridgehead atoms. The predicted molar refractivity (Wildman–Crippen MR) is 71.2 cm³/mol. The highest BCUT2D eigenvalue weighted by atomic mass is 19.1. The summed E-state index contributed by atoms with van der Waals surface area (Å²) in [6.45, 7) is 2.33. The normalized spacial score (nSPS) is 18.6. The summed E-state index contributed by atoms with van der Waals surface area (Å²) < 4.78 is 20.6. The van der Waals surface area contributed by atoms with Crippen LogP contribution in [0.5, 0.6) is 0 Å². The van der Waals surface area contributed by atoms with Gasteiger partial charge in [0.2, 0.25) is 0 Å². The van der Waals surface area contributed by atoms with E-state index in [-0.39, 0.29) is 5.69 Å². The molecule has 1 saturated heterocycles. The number of benzene rings is 1. The largest absolute Gasteiger partial charge is 0.396 e. The van der Waals surface area contributed by atoms with Crippen molar-refractivity contribution in [2.75, 3.05) is 18.9 Å². The maximum absolute atomic E-state index is 13.5. The lowest BCUT2D eigenvalue weighted by atomic mass is 10.1. The van der Waals surface area contributed by atoms with E-state index in [0.717, 1.165) is 26.1 Å². The molecular formula is C13H16FN5O. The average Bonchev–Trinajstić information content (AvgIpc) is 3.10. The summed E-state index contributed by atoms with van der Waals surface area (Å²) in [6.07, 6.45) is 2.03. The fourth-order valence-electron chi connectivity index (χ4n) is 2.34. The van der Waals surface area contributed by atoms with Crippen LogP contribution in [-0.2, 0) is 11.3 Å². The molecule has 2 aromatic rings. The number of nitrogens with two attached hydrogens (primary N) is 1. The van der Waals surface area contributed by atoms with E-state index in [9.17, 15) is 4.39 Å². The van der Waals surface area contributed by atoms with Crippen molar-refractivity contribution < 1.29 is 9.13 Å². The van der Waals surface area contributed by atoms with E-state index < -0.39 is 5.82 Å². The molecule has 1 aliphatic rings. The van der Waals surface area contributed by atoms with Crippen molar-refractivity contribution in [1.29, 1.82) is 0 Å². The minimum Gasteiger partial charge on any atom is -0.396 e. The molecule has 1 aromatic carbocycles. The number of tetrazole rings is 1. The molecule has 2 N–H and O–H groups in total. The van der Waals surface area contributed by atoms with Crippen LogP contribution in [0.15, 0.2) is 18.2 Å². The summed E-state index contributed by atoms with van der Waals surface area (Å²) in [5.74, 6) is 0.652. The minimum atomic E-state index is -0.457. The molecule has 1 atom stereocenters. The van der Waals surface area contributed by atoms with Gasteiger partial charge in [0.05, 0.1) is 5.69 Å². The van der Waals surface area contributed by atoms with Crippen molar-refractivity contribution in [3.63, 3.8) is 0 Å². The molecule has 1 aromatic heterocycles. The maximum Gasteiger partial charge on any atom is 0.182 e. The second kappa shape index (κ2) is 5.54. The number of hydrogen-bond acceptors (Lipinski definition) is 5. The fourth-order valence-corrected chi connectivity index (χ4v) is 2.34. The van der Waals surface area contributed by atoms with E-state index in [1.54, 1.807) is 10.7 Å². The zero-order valence-corrected chi connectivity index (χ0v) is 11.0. The van der Waals surface area contributed by atoms with Crippen LogP contribution in [0.4, 0.5) is 10.1 Å². The van der Waals surface area contributed by atoms with Crippen molar-refractivity contribution in [3.05, 3.63) is 24.0 Å². The van der Waals surface area contributed by atoms with Crippen LogP contribution in [0.1, 0.15) is 12.8 Å². The van der Waals surface area contributed by atoms with Crippen LogP contribution in [-0.4, -0.2) is 33.4 Å². The van der Waals surface area contributed by atoms with Gasteiger partial charge in [-0.2, -0.15) is 0 Å². The van der Waals surface area contributed by atoms with Crippen LogP contribution in [0.25, 0.3) is 11.4 Å². The molecule has 7 heteroatoms. The van der Waals surface area contributed by atoms with Crippen LogP contribution in [0.3, 0.4) is 0 Å². The molecule has 0 aliphatic carbocycles. The fraction of sp³-hybridized carbons (Fsp3) is 0.462. The zero-order valence-electron chi connectivity index (χ0n) is 11.0. The second-order valence-corrected chi connectivity index (χ2v) is 4.98. The molecule has 2 heterocycles. The Kier molecular flexibility index (Phi) is 3.60. The number of ether oxygens (including phenoxy) is 1. The van der Waals surface area contributed by atoms with Crippen molar-refractivity contribution in [3.8, 4) is 11.4 Å². The molecule has 0 amide bonds. The lowest BCUT2D eigenvalue weighted by molar-refractivity contribution is 0.183. The quantitative estimate of drug-likeness (QED) is 0.856. The number of aromatic nitrogens is 4. The first-order valence-electron chi connectivity index (χ1n) is 6.63. The van der Waals surface area contributed by atoms with Gasteiger partial charge in [0.25, 0.3) is 0 Å². The first kappa shape index (κ1) is 13.0. The van der Waals surface area contributed by atoms with Gasteiger partial charge < -0.3 is 10.5 Å². The minimum absolute atomic E-state index is 0.121. The van der Waals surface area contributed by atoms with E-state index in [0.29, 0.717) is 23.9 Å². The third kappa shape index (κ3) is 2.62. The van der Waals surface area contributed by atoms with Gasteiger partial charge in [-0.1, -0.05) is 0 Å². The summed E-state index contributed by atoms with van der Waals surface area (Å²) >= 11 is 0. The molecule has 0 saturated carbocycles. The molecule has 0 spiro atoms. The highest BCUT2D eigenvalue weighted by molar-refractivity contribution is 5.58. The van der Waals surface area contributed by atoms with Gasteiger partial charge in [-0.25, -0.2) is 9.07 Å². The van der Waals surface area contributed by atoms with E-state index in [4.69, 9.17) is 10.5 Å². The van der Waals surface area contributed by atoms with Gasteiger partial charge in [-0.3, -0.25) is 0 Å². The van der Waals surface area contributed by atoms with Crippen LogP contribution in [0.2, 0.25) is 0 Å². The number of nitrogens with zero attached hydrogens (tertiary/aromatic N) is 4. The van der Waals surface area contributed by atoms with Gasteiger partial charge in [-0.15, -0.1) is 5.10 Å². The standard InChI is InChI=1S/C13H16FN5O/c14-11-7-10(1-2-12(11)15)13-16-17-18-19(13)5-3-9-4-6-20-8-9/h1-2,7,9H,3-6,8,15H2. The molecule has 1 unspecified atom stereocenters. The van der Waals surface area contributed by atoms with E-state index >= 15 is 0 Å². The predicted octanol–water partition coefficient (Wildman–Crippen LogP) is 1.49. The Labute approximate surface area is 115 Å². The van der Waals surface area contributed by atoms with Gasteiger partial charge >= 0.3 is 0 Å². The number of hydrogen-bond donors (Lipinski definition) is 1. The zero-order chi connectivity index (χ0) is 13.9. The number of nitrogen functional groups attached to an aromatic ring is 1. The highest BCUT2D eigenvalue weighted by Gasteiger charge is 2.17. The Hall–Kier alpha value is -2.02. The Morgan fingerprint density at radius 1 is 1.45 bits per heavy atom. The van der Waals surface area contributed by atoms with Gasteiger partial charge in [0, 0.05) is 25.3 Å². The van der Waals surface area contributed by atoms with Crippen molar-refractivity contribution in [2.24, 2.45) is 5.92 Å². The maximum atomic E-state index is 13.5. The summed E-state index contributed by atoms with van der Waals surface area (Å²) in [5, 5.41) is 11.6. The molecule has 1 aliphatic heterocycles. The first-order valence-corrected chi connectivity index (χ1v) is 6.63. The molecule has 6 nitrogen and oxygen atoms in total. The highest BCUT2D eigenvalue weighted by Crippen LogP contribution is 2.22. The molecular weight excluding hydrogens is 261 g/mol. The third-order valence-corrected chi connectivity index (χ3v) is 3.56. The summed E-state index contributed by atoms with van der Waals surface area (Å²) in [6, 6.07) is 4.60. The van der Waals surface area contributed by atoms with Crippen molar-refractivity contribution >= 4 is 5.69 Å². The smallest absolute Gasteiger partial charge is 0.182 e. The SMILES string of the molecule is Nc1ccc(-c2nnnn2CCC2CCOC2)cc1F. The summed E-state index contributed by atoms with van der Waals surface area (Å²) in [5.41, 5.74) is 6.22. The first-order chi connectivity index (χ1) is 9.74. The van der Waals surface area contributed by atoms with Crippen LogP contribution >= 0.6 is 0 Å². The second-order valence-electron chi connectivity index (χ2n) is 4.98. The Bertz CT molecular complexity index is 594. The summed E-state index contributed by atoms with van der Waals surface area (Å²) in [7, 11) is 0. The number of aryl methyl sites for hydroxylation is 1. The monoisotopic (exact) mass is 277 g/mol. The topological polar surface area (TPSA) is 78.9 Å². The number of rotatable bonds is 4. The van der Waals surface area contributed by atoms with Crippen molar-refractivity contribution in [1.82, 2.24) is 20.2 Å².